The number of nitrogens with zero attached hydrogens (tertiary/aromatic N) is 3. The molecule has 0 aliphatic rings. The zero-order valence-electron chi connectivity index (χ0n) is 17.6. The van der Waals surface area contributed by atoms with Crippen LogP contribution in [0.5, 0.6) is 5.75 Å². The average Bonchev–Trinajstić information content (AvgIpc) is 3.01. The first-order valence-corrected chi connectivity index (χ1v) is 9.11. The summed E-state index contributed by atoms with van der Waals surface area (Å²) in [5.41, 5.74) is -1.25. The highest BCUT2D eigenvalue weighted by molar-refractivity contribution is 14.0. The number of rotatable bonds is 6. The van der Waals surface area contributed by atoms with Gasteiger partial charge in [-0.3, -0.25) is 4.99 Å². The fourth-order valence-corrected chi connectivity index (χ4v) is 2.52. The summed E-state index contributed by atoms with van der Waals surface area (Å²) < 4.78 is 51.1. The van der Waals surface area contributed by atoms with E-state index in [0.29, 0.717) is 30.6 Å². The molecule has 1 aromatic carbocycles. The van der Waals surface area contributed by atoms with E-state index in [-0.39, 0.29) is 41.8 Å². The van der Waals surface area contributed by atoms with Crippen LogP contribution in [0.25, 0.3) is 0 Å². The Labute approximate surface area is 190 Å². The van der Waals surface area contributed by atoms with Crippen molar-refractivity contribution >= 4 is 29.9 Å². The molecule has 0 aliphatic carbocycles. The lowest BCUT2D eigenvalue weighted by Crippen LogP contribution is -2.38. The number of hydrogen-bond acceptors (Lipinski definition) is 5. The fraction of sp³-hybridized carbons (Fsp3) is 0.526. The minimum absolute atomic E-state index is 0. The van der Waals surface area contributed by atoms with Crippen molar-refractivity contribution in [3.63, 3.8) is 0 Å². The molecule has 0 saturated carbocycles. The normalized spacial score (nSPS) is 12.3. The second-order valence-corrected chi connectivity index (χ2v) is 7.37. The molecule has 0 spiro atoms. The standard InChI is InChI=1S/C19H26F3N5O2.HI/c1-12-26-16(29-27-12)8-9-24-17(23-5)25-11-13-6-7-14(28-18(2,3)4)10-15(13)19(20,21)22;/h6-7,10H,8-9,11H2,1-5H3,(H2,23,24,25);1H. The van der Waals surface area contributed by atoms with Gasteiger partial charge < -0.3 is 19.9 Å². The summed E-state index contributed by atoms with van der Waals surface area (Å²) in [6.45, 7) is 7.44. The van der Waals surface area contributed by atoms with E-state index in [1.165, 1.54) is 19.2 Å². The molecule has 11 heteroatoms. The Morgan fingerprint density at radius 2 is 1.90 bits per heavy atom. The number of benzene rings is 1. The van der Waals surface area contributed by atoms with E-state index in [2.05, 4.69) is 25.8 Å². The van der Waals surface area contributed by atoms with Crippen molar-refractivity contribution in [1.29, 1.82) is 0 Å². The van der Waals surface area contributed by atoms with Crippen molar-refractivity contribution in [2.45, 2.75) is 52.4 Å². The molecule has 0 atom stereocenters. The van der Waals surface area contributed by atoms with Crippen LogP contribution in [-0.2, 0) is 19.1 Å². The molecule has 2 N–H and O–H groups in total. The van der Waals surface area contributed by atoms with E-state index in [0.717, 1.165) is 6.07 Å². The maximum absolute atomic E-state index is 13.5. The number of ether oxygens (including phenoxy) is 1. The first-order chi connectivity index (χ1) is 13.5. The molecule has 2 aromatic rings. The molecule has 7 nitrogen and oxygen atoms in total. The van der Waals surface area contributed by atoms with Gasteiger partial charge in [-0.05, 0) is 45.4 Å². The fourth-order valence-electron chi connectivity index (χ4n) is 2.52. The summed E-state index contributed by atoms with van der Waals surface area (Å²) in [6, 6.07) is 3.97. The number of halogens is 4. The second-order valence-electron chi connectivity index (χ2n) is 7.37. The van der Waals surface area contributed by atoms with E-state index < -0.39 is 17.3 Å². The Hall–Kier alpha value is -2.05. The molecule has 0 radical (unpaired) electrons. The minimum atomic E-state index is -4.50. The summed E-state index contributed by atoms with van der Waals surface area (Å²) >= 11 is 0. The molecule has 0 bridgehead atoms. The highest BCUT2D eigenvalue weighted by Gasteiger charge is 2.34. The number of alkyl halides is 3. The van der Waals surface area contributed by atoms with Crippen molar-refractivity contribution < 1.29 is 22.4 Å². The van der Waals surface area contributed by atoms with Crippen molar-refractivity contribution in [1.82, 2.24) is 20.8 Å². The highest BCUT2D eigenvalue weighted by Crippen LogP contribution is 2.35. The SMILES string of the molecule is CN=C(NCCc1nc(C)no1)NCc1ccc(OC(C)(C)C)cc1C(F)(F)F.I. The zero-order chi connectivity index (χ0) is 21.7. The Morgan fingerprint density at radius 3 is 2.43 bits per heavy atom. The summed E-state index contributed by atoms with van der Waals surface area (Å²) in [5, 5.41) is 9.59. The molecule has 0 aliphatic heterocycles. The van der Waals surface area contributed by atoms with E-state index in [4.69, 9.17) is 9.26 Å². The first kappa shape index (κ1) is 26.0. The van der Waals surface area contributed by atoms with E-state index >= 15 is 0 Å². The molecule has 1 aromatic heterocycles. The van der Waals surface area contributed by atoms with Gasteiger partial charge in [-0.15, -0.1) is 24.0 Å². The lowest BCUT2D eigenvalue weighted by Gasteiger charge is -2.23. The smallest absolute Gasteiger partial charge is 0.416 e. The maximum Gasteiger partial charge on any atom is 0.416 e. The number of aryl methyl sites for hydroxylation is 1. The molecule has 30 heavy (non-hydrogen) atoms. The largest absolute Gasteiger partial charge is 0.488 e. The molecule has 0 unspecified atom stereocenters. The van der Waals surface area contributed by atoms with Crippen LogP contribution in [0, 0.1) is 6.92 Å². The van der Waals surface area contributed by atoms with Crippen LogP contribution in [0.4, 0.5) is 13.2 Å². The molecule has 0 amide bonds. The second kappa shape index (κ2) is 10.8. The van der Waals surface area contributed by atoms with Crippen LogP contribution in [0.2, 0.25) is 0 Å². The monoisotopic (exact) mass is 541 g/mol. The molecule has 0 fully saturated rings. The molecule has 2 rings (SSSR count). The number of aromatic nitrogens is 2. The Morgan fingerprint density at radius 1 is 1.20 bits per heavy atom. The van der Waals surface area contributed by atoms with Gasteiger partial charge in [0.15, 0.2) is 11.8 Å². The van der Waals surface area contributed by atoms with Gasteiger partial charge in [-0.25, -0.2) is 0 Å². The third-order valence-electron chi connectivity index (χ3n) is 3.68. The van der Waals surface area contributed by atoms with Gasteiger partial charge in [-0.1, -0.05) is 11.2 Å². The Kier molecular flexibility index (Phi) is 9.37. The van der Waals surface area contributed by atoms with Crippen molar-refractivity contribution in [2.75, 3.05) is 13.6 Å². The molecular formula is C19H27F3IN5O2. The third kappa shape index (κ3) is 8.36. The lowest BCUT2D eigenvalue weighted by molar-refractivity contribution is -0.138. The van der Waals surface area contributed by atoms with Crippen LogP contribution in [0.15, 0.2) is 27.7 Å². The summed E-state index contributed by atoms with van der Waals surface area (Å²) in [6.07, 6.45) is -4.03. The van der Waals surface area contributed by atoms with Crippen molar-refractivity contribution in [2.24, 2.45) is 4.99 Å². The predicted octanol–water partition coefficient (Wildman–Crippen LogP) is 4.10. The number of guanidine groups is 1. The average molecular weight is 541 g/mol. The predicted molar refractivity (Wildman–Crippen MR) is 118 cm³/mol. The number of hydrogen-bond donors (Lipinski definition) is 2. The summed E-state index contributed by atoms with van der Waals surface area (Å²) in [5.74, 6) is 1.55. The van der Waals surface area contributed by atoms with Crippen LogP contribution < -0.4 is 15.4 Å². The van der Waals surface area contributed by atoms with Gasteiger partial charge in [-0.2, -0.15) is 18.2 Å². The minimum Gasteiger partial charge on any atom is -0.488 e. The zero-order valence-corrected chi connectivity index (χ0v) is 19.9. The maximum atomic E-state index is 13.5. The van der Waals surface area contributed by atoms with Gasteiger partial charge in [0.25, 0.3) is 0 Å². The van der Waals surface area contributed by atoms with Crippen LogP contribution in [0.1, 0.15) is 43.6 Å². The van der Waals surface area contributed by atoms with Crippen LogP contribution in [-0.4, -0.2) is 35.3 Å². The number of aliphatic imine (C=N–C) groups is 1. The third-order valence-corrected chi connectivity index (χ3v) is 3.68. The molecular weight excluding hydrogens is 514 g/mol. The van der Waals surface area contributed by atoms with Gasteiger partial charge in [0.1, 0.15) is 11.4 Å². The highest BCUT2D eigenvalue weighted by atomic mass is 127. The quantitative estimate of drug-likeness (QED) is 0.326. The van der Waals surface area contributed by atoms with E-state index in [1.807, 2.05) is 0 Å². The summed E-state index contributed by atoms with van der Waals surface area (Å²) in [7, 11) is 1.54. The van der Waals surface area contributed by atoms with Crippen LogP contribution >= 0.6 is 24.0 Å². The van der Waals surface area contributed by atoms with Gasteiger partial charge in [0.2, 0.25) is 5.89 Å². The van der Waals surface area contributed by atoms with E-state index in [9.17, 15) is 13.2 Å². The molecule has 1 heterocycles. The topological polar surface area (TPSA) is 84.6 Å². The van der Waals surface area contributed by atoms with Gasteiger partial charge in [0.05, 0.1) is 5.56 Å². The lowest BCUT2D eigenvalue weighted by atomic mass is 10.1. The van der Waals surface area contributed by atoms with Crippen LogP contribution in [0.3, 0.4) is 0 Å². The van der Waals surface area contributed by atoms with Crippen molar-refractivity contribution in [3.8, 4) is 5.75 Å². The summed E-state index contributed by atoms with van der Waals surface area (Å²) in [4.78, 5) is 8.10. The van der Waals surface area contributed by atoms with Gasteiger partial charge in [0, 0.05) is 26.6 Å². The first-order valence-electron chi connectivity index (χ1n) is 9.11. The Balaban J connectivity index is 0.00000450. The molecule has 168 valence electrons. The van der Waals surface area contributed by atoms with Crippen molar-refractivity contribution in [3.05, 3.63) is 41.0 Å². The Bertz CT molecular complexity index is 847. The van der Waals surface area contributed by atoms with E-state index in [1.54, 1.807) is 27.7 Å². The molecule has 0 saturated heterocycles. The number of nitrogens with one attached hydrogen (secondary N) is 2. The van der Waals surface area contributed by atoms with Gasteiger partial charge >= 0.3 is 6.18 Å².